The maximum Gasteiger partial charge on any atom is 0.277 e. The lowest BCUT2D eigenvalue weighted by molar-refractivity contribution is -0.125. The van der Waals surface area contributed by atoms with Crippen LogP contribution in [0.15, 0.2) is 52.1 Å². The maximum absolute atomic E-state index is 13.4. The van der Waals surface area contributed by atoms with Gasteiger partial charge in [0.2, 0.25) is 5.91 Å². The van der Waals surface area contributed by atoms with Gasteiger partial charge in [-0.05, 0) is 43.9 Å². The molecule has 0 bridgehead atoms. The van der Waals surface area contributed by atoms with Crippen LogP contribution in [0, 0.1) is 0 Å². The van der Waals surface area contributed by atoms with E-state index in [2.05, 4.69) is 9.97 Å². The molecule has 0 unspecified atom stereocenters. The molecule has 0 saturated heterocycles. The third-order valence-electron chi connectivity index (χ3n) is 5.79. The maximum atomic E-state index is 13.4. The summed E-state index contributed by atoms with van der Waals surface area (Å²) in [5.74, 6) is 0.913. The number of para-hydroxylation sites is 1. The van der Waals surface area contributed by atoms with E-state index in [0.29, 0.717) is 35.6 Å². The molecule has 0 aliphatic carbocycles. The monoisotopic (exact) mass is 435 g/mol. The molecule has 0 atom stereocenters. The molecular formula is C23H25N5O4. The van der Waals surface area contributed by atoms with E-state index < -0.39 is 11.4 Å². The van der Waals surface area contributed by atoms with Crippen LogP contribution in [0.5, 0.6) is 5.75 Å². The van der Waals surface area contributed by atoms with E-state index in [0.717, 1.165) is 16.9 Å². The zero-order valence-electron chi connectivity index (χ0n) is 18.5. The van der Waals surface area contributed by atoms with Crippen molar-refractivity contribution >= 4 is 16.9 Å². The van der Waals surface area contributed by atoms with Crippen LogP contribution in [0.2, 0.25) is 0 Å². The Bertz CT molecular complexity index is 1350. The number of amides is 1. The molecular weight excluding hydrogens is 410 g/mol. The van der Waals surface area contributed by atoms with Crippen LogP contribution in [0.1, 0.15) is 25.0 Å². The van der Waals surface area contributed by atoms with E-state index >= 15 is 0 Å². The standard InChI is InChI=1S/C23H25N5O4/c1-23(2,22(24)30)28-13-15(10-9-14-7-5-6-8-16(14)31-4)17-18(21(28)29)27(3)19(26-17)20-25-11-12-32-20/h5-8,11-13H,9-10H2,1-4H3,(H2,24,30). The van der Waals surface area contributed by atoms with Crippen molar-refractivity contribution < 1.29 is 13.9 Å². The Morgan fingerprint density at radius 3 is 2.59 bits per heavy atom. The third-order valence-corrected chi connectivity index (χ3v) is 5.79. The SMILES string of the molecule is COc1ccccc1CCc1cn(C(C)(C)C(N)=O)c(=O)c2c1nc(-c1ncco1)n2C. The Morgan fingerprint density at radius 2 is 1.94 bits per heavy atom. The number of imidazole rings is 1. The number of methoxy groups -OCH3 is 1. The molecule has 0 saturated carbocycles. The summed E-state index contributed by atoms with van der Waals surface area (Å²) >= 11 is 0. The fourth-order valence-electron chi connectivity index (χ4n) is 3.78. The Hall–Kier alpha value is -3.88. The van der Waals surface area contributed by atoms with Crippen LogP contribution in [0.3, 0.4) is 0 Å². The number of aryl methyl sites for hydroxylation is 3. The van der Waals surface area contributed by atoms with Crippen molar-refractivity contribution in [1.29, 1.82) is 0 Å². The molecule has 0 radical (unpaired) electrons. The average molecular weight is 435 g/mol. The molecule has 1 aromatic carbocycles. The number of nitrogens with two attached hydrogens (primary N) is 1. The summed E-state index contributed by atoms with van der Waals surface area (Å²) in [6.45, 7) is 3.25. The van der Waals surface area contributed by atoms with Gasteiger partial charge in [0.1, 0.15) is 23.1 Å². The third kappa shape index (κ3) is 3.45. The van der Waals surface area contributed by atoms with Crippen LogP contribution in [-0.2, 0) is 30.2 Å². The first kappa shape index (κ1) is 21.4. The first-order valence-electron chi connectivity index (χ1n) is 10.2. The zero-order chi connectivity index (χ0) is 23.0. The van der Waals surface area contributed by atoms with Gasteiger partial charge < -0.3 is 19.5 Å². The smallest absolute Gasteiger partial charge is 0.277 e. The van der Waals surface area contributed by atoms with Crippen molar-refractivity contribution in [3.05, 3.63) is 64.4 Å². The lowest BCUT2D eigenvalue weighted by Crippen LogP contribution is -2.46. The van der Waals surface area contributed by atoms with Crippen molar-refractivity contribution in [2.45, 2.75) is 32.2 Å². The summed E-state index contributed by atoms with van der Waals surface area (Å²) < 4.78 is 13.9. The van der Waals surface area contributed by atoms with E-state index in [-0.39, 0.29) is 5.56 Å². The number of rotatable bonds is 7. The predicted molar refractivity (Wildman–Crippen MR) is 119 cm³/mol. The minimum absolute atomic E-state index is 0.305. The highest BCUT2D eigenvalue weighted by Crippen LogP contribution is 2.27. The van der Waals surface area contributed by atoms with Gasteiger partial charge in [-0.3, -0.25) is 14.2 Å². The number of carbonyl (C=O) groups is 1. The van der Waals surface area contributed by atoms with Gasteiger partial charge in [-0.2, -0.15) is 0 Å². The molecule has 4 rings (SSSR count). The molecule has 32 heavy (non-hydrogen) atoms. The van der Waals surface area contributed by atoms with E-state index in [1.54, 1.807) is 38.8 Å². The Kier molecular flexibility index (Phi) is 5.33. The fourth-order valence-corrected chi connectivity index (χ4v) is 3.78. The van der Waals surface area contributed by atoms with Gasteiger partial charge in [0.15, 0.2) is 5.82 Å². The Balaban J connectivity index is 1.92. The van der Waals surface area contributed by atoms with E-state index in [1.807, 2.05) is 24.3 Å². The number of hydrogen-bond acceptors (Lipinski definition) is 6. The van der Waals surface area contributed by atoms with Crippen molar-refractivity contribution in [3.8, 4) is 17.5 Å². The van der Waals surface area contributed by atoms with Crippen LogP contribution in [0.4, 0.5) is 0 Å². The second-order valence-corrected chi connectivity index (χ2v) is 8.09. The summed E-state index contributed by atoms with van der Waals surface area (Å²) in [6, 6.07) is 7.77. The number of carbonyl (C=O) groups excluding carboxylic acids is 1. The lowest BCUT2D eigenvalue weighted by Gasteiger charge is -2.25. The normalized spacial score (nSPS) is 11.8. The van der Waals surface area contributed by atoms with Gasteiger partial charge >= 0.3 is 0 Å². The number of oxazole rings is 1. The highest BCUT2D eigenvalue weighted by atomic mass is 16.5. The molecule has 0 aliphatic rings. The molecule has 2 N–H and O–H groups in total. The second kappa shape index (κ2) is 7.99. The largest absolute Gasteiger partial charge is 0.496 e. The molecule has 9 nitrogen and oxygen atoms in total. The van der Waals surface area contributed by atoms with E-state index in [4.69, 9.17) is 14.9 Å². The quantitative estimate of drug-likeness (QED) is 0.476. The molecule has 166 valence electrons. The molecule has 0 spiro atoms. The van der Waals surface area contributed by atoms with Crippen LogP contribution < -0.4 is 16.0 Å². The van der Waals surface area contributed by atoms with E-state index in [1.165, 1.54) is 17.0 Å². The number of pyridine rings is 1. The fraction of sp³-hybridized carbons (Fsp3) is 0.304. The summed E-state index contributed by atoms with van der Waals surface area (Å²) in [7, 11) is 3.36. The van der Waals surface area contributed by atoms with Crippen LogP contribution in [-0.4, -0.2) is 32.1 Å². The van der Waals surface area contributed by atoms with Crippen molar-refractivity contribution in [2.24, 2.45) is 12.8 Å². The van der Waals surface area contributed by atoms with Gasteiger partial charge in [-0.25, -0.2) is 9.97 Å². The van der Waals surface area contributed by atoms with Gasteiger partial charge in [-0.1, -0.05) is 18.2 Å². The summed E-state index contributed by atoms with van der Waals surface area (Å²) in [5.41, 5.74) is 6.76. The van der Waals surface area contributed by atoms with Crippen molar-refractivity contribution in [1.82, 2.24) is 19.1 Å². The Labute approximate surface area is 184 Å². The number of primary amides is 1. The molecule has 3 aromatic heterocycles. The molecule has 3 heterocycles. The number of fused-ring (bicyclic) bond motifs is 1. The van der Waals surface area contributed by atoms with Crippen LogP contribution in [0.25, 0.3) is 22.7 Å². The van der Waals surface area contributed by atoms with Gasteiger partial charge in [0.25, 0.3) is 11.4 Å². The first-order chi connectivity index (χ1) is 15.3. The number of ether oxygens (including phenoxy) is 1. The molecule has 1 amide bonds. The van der Waals surface area contributed by atoms with Crippen molar-refractivity contribution in [3.63, 3.8) is 0 Å². The lowest BCUT2D eigenvalue weighted by atomic mass is 10.0. The molecule has 4 aromatic rings. The summed E-state index contributed by atoms with van der Waals surface area (Å²) in [4.78, 5) is 34.4. The number of benzene rings is 1. The number of aromatic nitrogens is 4. The topological polar surface area (TPSA) is 118 Å². The minimum Gasteiger partial charge on any atom is -0.496 e. The molecule has 0 aliphatic heterocycles. The highest BCUT2D eigenvalue weighted by molar-refractivity contribution is 5.84. The van der Waals surface area contributed by atoms with Gasteiger partial charge in [0, 0.05) is 13.2 Å². The van der Waals surface area contributed by atoms with E-state index in [9.17, 15) is 9.59 Å². The van der Waals surface area contributed by atoms with Gasteiger partial charge in [0.05, 0.1) is 18.8 Å². The second-order valence-electron chi connectivity index (χ2n) is 8.09. The number of nitrogens with zero attached hydrogens (tertiary/aromatic N) is 4. The zero-order valence-corrected chi connectivity index (χ0v) is 18.5. The highest BCUT2D eigenvalue weighted by Gasteiger charge is 2.31. The molecule has 9 heteroatoms. The predicted octanol–water partition coefficient (Wildman–Crippen LogP) is 2.40. The van der Waals surface area contributed by atoms with Crippen molar-refractivity contribution in [2.75, 3.05) is 7.11 Å². The first-order valence-corrected chi connectivity index (χ1v) is 10.2. The number of hydrogen-bond donors (Lipinski definition) is 1. The summed E-state index contributed by atoms with van der Waals surface area (Å²) in [5, 5.41) is 0. The molecule has 0 fully saturated rings. The Morgan fingerprint density at radius 1 is 1.22 bits per heavy atom. The van der Waals surface area contributed by atoms with Gasteiger partial charge in [-0.15, -0.1) is 0 Å². The minimum atomic E-state index is -1.22. The van der Waals surface area contributed by atoms with Crippen LogP contribution >= 0.6 is 0 Å². The summed E-state index contributed by atoms with van der Waals surface area (Å²) in [6.07, 6.45) is 5.86. The average Bonchev–Trinajstić information content (AvgIpc) is 3.41.